The van der Waals surface area contributed by atoms with Crippen molar-refractivity contribution >= 4 is 33.2 Å². The Kier molecular flexibility index (Phi) is 4.09. The Hall–Kier alpha value is -2.91. The van der Waals surface area contributed by atoms with Gasteiger partial charge < -0.3 is 9.73 Å². The summed E-state index contributed by atoms with van der Waals surface area (Å²) >= 11 is 1.45. The quantitative estimate of drug-likeness (QED) is 0.740. The Labute approximate surface area is 153 Å². The minimum atomic E-state index is -0.512. The summed E-state index contributed by atoms with van der Waals surface area (Å²) in [5.41, 5.74) is 2.54. The molecule has 2 aromatic heterocycles. The fraction of sp³-hybridized carbons (Fsp3) is 0.250. The fourth-order valence-electron chi connectivity index (χ4n) is 3.37. The lowest BCUT2D eigenvalue weighted by molar-refractivity contribution is 0.0997. The van der Waals surface area contributed by atoms with Crippen LogP contribution in [0, 0.1) is 18.3 Å². The number of amides is 1. The van der Waals surface area contributed by atoms with Gasteiger partial charge in [0, 0.05) is 10.9 Å². The molecule has 5 nitrogen and oxygen atoms in total. The molecule has 0 spiro atoms. The lowest BCUT2D eigenvalue weighted by Gasteiger charge is -2.09. The molecule has 1 aromatic carbocycles. The zero-order chi connectivity index (χ0) is 18.3. The Morgan fingerprint density at radius 2 is 2.12 bits per heavy atom. The van der Waals surface area contributed by atoms with Crippen molar-refractivity contribution in [2.75, 3.05) is 5.32 Å². The first-order chi connectivity index (χ1) is 12.6. The van der Waals surface area contributed by atoms with Gasteiger partial charge in [0.1, 0.15) is 16.7 Å². The van der Waals surface area contributed by atoms with Crippen LogP contribution >= 0.6 is 11.3 Å². The van der Waals surface area contributed by atoms with Crippen LogP contribution in [0.25, 0.3) is 11.0 Å². The van der Waals surface area contributed by atoms with Crippen molar-refractivity contribution in [2.24, 2.45) is 0 Å². The fourth-order valence-corrected chi connectivity index (χ4v) is 4.60. The van der Waals surface area contributed by atoms with E-state index < -0.39 is 5.91 Å². The molecule has 0 bridgehead atoms. The van der Waals surface area contributed by atoms with Crippen LogP contribution in [0.5, 0.6) is 0 Å². The van der Waals surface area contributed by atoms with Crippen LogP contribution < -0.4 is 10.7 Å². The van der Waals surface area contributed by atoms with E-state index >= 15 is 0 Å². The van der Waals surface area contributed by atoms with Crippen molar-refractivity contribution in [3.8, 4) is 6.07 Å². The van der Waals surface area contributed by atoms with E-state index in [1.165, 1.54) is 22.3 Å². The molecule has 0 unspecified atom stereocenters. The molecule has 0 fully saturated rings. The number of carbonyl (C=O) groups is 1. The number of thiophene rings is 1. The molecule has 6 heteroatoms. The van der Waals surface area contributed by atoms with Crippen molar-refractivity contribution in [3.05, 3.63) is 61.8 Å². The summed E-state index contributed by atoms with van der Waals surface area (Å²) in [7, 11) is 0. The predicted octanol–water partition coefficient (Wildman–Crippen LogP) is 4.17. The Balaban J connectivity index is 1.73. The van der Waals surface area contributed by atoms with Gasteiger partial charge in [-0.15, -0.1) is 11.3 Å². The van der Waals surface area contributed by atoms with E-state index in [-0.39, 0.29) is 11.2 Å². The monoisotopic (exact) mass is 364 g/mol. The molecule has 0 saturated carbocycles. The zero-order valence-corrected chi connectivity index (χ0v) is 15.0. The van der Waals surface area contributed by atoms with Gasteiger partial charge in [-0.25, -0.2) is 0 Å². The van der Waals surface area contributed by atoms with Crippen LogP contribution in [0.2, 0.25) is 0 Å². The number of hydrogen-bond donors (Lipinski definition) is 1. The largest absolute Gasteiger partial charge is 0.450 e. The molecule has 26 heavy (non-hydrogen) atoms. The van der Waals surface area contributed by atoms with Crippen molar-refractivity contribution in [1.29, 1.82) is 5.26 Å². The highest BCUT2D eigenvalue weighted by Crippen LogP contribution is 2.37. The predicted molar refractivity (Wildman–Crippen MR) is 101 cm³/mol. The number of para-hydroxylation sites is 1. The topological polar surface area (TPSA) is 83.1 Å². The van der Waals surface area contributed by atoms with Crippen LogP contribution in [-0.2, 0) is 12.8 Å². The number of rotatable bonds is 2. The molecule has 1 aliphatic rings. The molecule has 0 aliphatic heterocycles. The van der Waals surface area contributed by atoms with Gasteiger partial charge in [-0.2, -0.15) is 5.26 Å². The molecule has 0 radical (unpaired) electrons. The van der Waals surface area contributed by atoms with Gasteiger partial charge in [-0.3, -0.25) is 9.59 Å². The summed E-state index contributed by atoms with van der Waals surface area (Å²) in [6.45, 7) is 1.83. The summed E-state index contributed by atoms with van der Waals surface area (Å²) in [4.78, 5) is 26.1. The van der Waals surface area contributed by atoms with E-state index in [2.05, 4.69) is 11.4 Å². The average molecular weight is 364 g/mol. The first-order valence-electron chi connectivity index (χ1n) is 8.48. The van der Waals surface area contributed by atoms with Crippen LogP contribution in [0.3, 0.4) is 0 Å². The van der Waals surface area contributed by atoms with E-state index in [0.29, 0.717) is 21.5 Å². The summed E-state index contributed by atoms with van der Waals surface area (Å²) in [5, 5.41) is 13.3. The van der Waals surface area contributed by atoms with Gasteiger partial charge in [0.2, 0.25) is 0 Å². The smallest absolute Gasteiger partial charge is 0.292 e. The summed E-state index contributed by atoms with van der Waals surface area (Å²) in [6, 6.07) is 8.71. The number of fused-ring (bicyclic) bond motifs is 2. The Bertz CT molecular complexity index is 1130. The van der Waals surface area contributed by atoms with Crippen LogP contribution in [0.4, 0.5) is 5.00 Å². The molecule has 3 aromatic rings. The van der Waals surface area contributed by atoms with Gasteiger partial charge in [0.05, 0.1) is 10.9 Å². The standard InChI is InChI=1S/C20H16N2O3S/c1-11-5-4-7-13-15(23)9-16(25-18(11)13)19(24)22-20-14(10-21)12-6-2-3-8-17(12)26-20/h4-5,7,9H,2-3,6,8H2,1H3,(H,22,24). The SMILES string of the molecule is Cc1cccc2c(=O)cc(C(=O)Nc3sc4c(c3C#N)CCCC4)oc12. The molecule has 0 saturated heterocycles. The molecule has 130 valence electrons. The van der Waals surface area contributed by atoms with Gasteiger partial charge >= 0.3 is 0 Å². The maximum Gasteiger partial charge on any atom is 0.292 e. The summed E-state index contributed by atoms with van der Waals surface area (Å²) in [5.74, 6) is -0.561. The number of aryl methyl sites for hydroxylation is 2. The number of benzene rings is 1. The zero-order valence-electron chi connectivity index (χ0n) is 14.2. The van der Waals surface area contributed by atoms with Crippen LogP contribution in [0.1, 0.15) is 45.0 Å². The van der Waals surface area contributed by atoms with Crippen LogP contribution in [0.15, 0.2) is 33.5 Å². The molecular formula is C20H16N2O3S. The highest BCUT2D eigenvalue weighted by Gasteiger charge is 2.23. The van der Waals surface area contributed by atoms with Gasteiger partial charge in [-0.1, -0.05) is 12.1 Å². The van der Waals surface area contributed by atoms with Crippen molar-refractivity contribution in [2.45, 2.75) is 32.6 Å². The number of hydrogen-bond acceptors (Lipinski definition) is 5. The van der Waals surface area contributed by atoms with Crippen molar-refractivity contribution in [3.63, 3.8) is 0 Å². The first kappa shape index (κ1) is 16.6. The third-order valence-electron chi connectivity index (χ3n) is 4.69. The molecule has 0 atom stereocenters. The Morgan fingerprint density at radius 3 is 2.92 bits per heavy atom. The van der Waals surface area contributed by atoms with E-state index in [9.17, 15) is 14.9 Å². The highest BCUT2D eigenvalue weighted by molar-refractivity contribution is 7.16. The second-order valence-electron chi connectivity index (χ2n) is 6.41. The number of nitrogens with zero attached hydrogens (tertiary/aromatic N) is 1. The van der Waals surface area contributed by atoms with E-state index in [0.717, 1.165) is 36.8 Å². The third-order valence-corrected chi connectivity index (χ3v) is 5.89. The molecule has 2 heterocycles. The second kappa shape index (κ2) is 6.43. The molecular weight excluding hydrogens is 348 g/mol. The van der Waals surface area contributed by atoms with Gasteiger partial charge in [0.25, 0.3) is 5.91 Å². The van der Waals surface area contributed by atoms with Gasteiger partial charge in [-0.05, 0) is 49.8 Å². The number of nitriles is 1. The van der Waals surface area contributed by atoms with Crippen molar-refractivity contribution < 1.29 is 9.21 Å². The minimum absolute atomic E-state index is 0.0490. The first-order valence-corrected chi connectivity index (χ1v) is 9.29. The van der Waals surface area contributed by atoms with Gasteiger partial charge in [0.15, 0.2) is 11.2 Å². The maximum atomic E-state index is 12.7. The minimum Gasteiger partial charge on any atom is -0.450 e. The molecule has 4 rings (SSSR count). The number of carbonyl (C=O) groups excluding carboxylic acids is 1. The normalized spacial score (nSPS) is 13.2. The second-order valence-corrected chi connectivity index (χ2v) is 7.51. The molecule has 1 N–H and O–H groups in total. The number of anilines is 1. The van der Waals surface area contributed by atoms with E-state index in [1.807, 2.05) is 13.0 Å². The maximum absolute atomic E-state index is 12.7. The summed E-state index contributed by atoms with van der Waals surface area (Å²) in [6.07, 6.45) is 3.97. The molecule has 1 aliphatic carbocycles. The van der Waals surface area contributed by atoms with E-state index in [4.69, 9.17) is 4.42 Å². The highest BCUT2D eigenvalue weighted by atomic mass is 32.1. The number of nitrogens with one attached hydrogen (secondary N) is 1. The third kappa shape index (κ3) is 2.71. The lowest BCUT2D eigenvalue weighted by atomic mass is 9.96. The average Bonchev–Trinajstić information content (AvgIpc) is 2.99. The van der Waals surface area contributed by atoms with E-state index in [1.54, 1.807) is 12.1 Å². The lowest BCUT2D eigenvalue weighted by Crippen LogP contribution is -2.15. The van der Waals surface area contributed by atoms with Crippen molar-refractivity contribution in [1.82, 2.24) is 0 Å². The Morgan fingerprint density at radius 1 is 1.31 bits per heavy atom. The van der Waals surface area contributed by atoms with Crippen LogP contribution in [-0.4, -0.2) is 5.91 Å². The molecule has 1 amide bonds. The summed E-state index contributed by atoms with van der Waals surface area (Å²) < 4.78 is 5.69.